The van der Waals surface area contributed by atoms with Crippen LogP contribution in [0.4, 0.5) is 13.2 Å². The molecule has 0 spiro atoms. The third-order valence-corrected chi connectivity index (χ3v) is 4.45. The topological polar surface area (TPSA) is 23.5 Å². The summed E-state index contributed by atoms with van der Waals surface area (Å²) in [5.74, 6) is -3.71. The molecule has 0 unspecified atom stereocenters. The highest BCUT2D eigenvalue weighted by atomic mass is 19.2. The lowest BCUT2D eigenvalue weighted by Crippen LogP contribution is -2.41. The maximum atomic E-state index is 13.2. The first-order valence-electron chi connectivity index (χ1n) is 6.96. The second kappa shape index (κ2) is 6.14. The number of aliphatic hydroxyl groups is 1. The van der Waals surface area contributed by atoms with Gasteiger partial charge in [-0.3, -0.25) is 4.90 Å². The van der Waals surface area contributed by atoms with E-state index in [1.165, 1.54) is 0 Å². The summed E-state index contributed by atoms with van der Waals surface area (Å²) in [5.41, 5.74) is 0.421. The number of halogens is 3. The predicted molar refractivity (Wildman–Crippen MR) is 70.6 cm³/mol. The van der Waals surface area contributed by atoms with E-state index < -0.39 is 17.5 Å². The number of likely N-dealkylation sites (tertiary alicyclic amines) is 1. The van der Waals surface area contributed by atoms with Gasteiger partial charge in [0.25, 0.3) is 0 Å². The Morgan fingerprint density at radius 2 is 1.70 bits per heavy atom. The lowest BCUT2D eigenvalue weighted by atomic mass is 9.77. The van der Waals surface area contributed by atoms with E-state index in [9.17, 15) is 18.3 Å². The number of rotatable bonds is 4. The molecule has 1 fully saturated rings. The van der Waals surface area contributed by atoms with E-state index in [0.29, 0.717) is 12.1 Å². The van der Waals surface area contributed by atoms with Gasteiger partial charge in [0, 0.05) is 13.2 Å². The summed E-state index contributed by atoms with van der Waals surface area (Å²) in [7, 11) is 0. The number of hydrogen-bond donors (Lipinski definition) is 1. The van der Waals surface area contributed by atoms with Crippen molar-refractivity contribution in [3.8, 4) is 0 Å². The van der Waals surface area contributed by atoms with Crippen molar-refractivity contribution in [2.24, 2.45) is 5.41 Å². The van der Waals surface area contributed by atoms with Crippen molar-refractivity contribution in [2.75, 3.05) is 19.7 Å². The third kappa shape index (κ3) is 3.15. The molecule has 1 N–H and O–H groups in total. The van der Waals surface area contributed by atoms with Crippen LogP contribution in [-0.4, -0.2) is 29.7 Å². The molecule has 5 heteroatoms. The van der Waals surface area contributed by atoms with Gasteiger partial charge >= 0.3 is 0 Å². The first-order valence-corrected chi connectivity index (χ1v) is 6.96. The molecule has 0 bridgehead atoms. The molecule has 0 radical (unpaired) electrons. The van der Waals surface area contributed by atoms with Gasteiger partial charge in [-0.1, -0.05) is 6.92 Å². The van der Waals surface area contributed by atoms with E-state index >= 15 is 0 Å². The van der Waals surface area contributed by atoms with Crippen molar-refractivity contribution in [1.29, 1.82) is 0 Å². The summed E-state index contributed by atoms with van der Waals surface area (Å²) < 4.78 is 39.2. The largest absolute Gasteiger partial charge is 0.396 e. The van der Waals surface area contributed by atoms with Crippen LogP contribution in [0.2, 0.25) is 0 Å². The highest BCUT2D eigenvalue weighted by molar-refractivity contribution is 5.19. The van der Waals surface area contributed by atoms with E-state index in [0.717, 1.165) is 44.5 Å². The van der Waals surface area contributed by atoms with Gasteiger partial charge in [-0.25, -0.2) is 13.2 Å². The average molecular weight is 287 g/mol. The van der Waals surface area contributed by atoms with Crippen LogP contribution in [0.1, 0.15) is 31.7 Å². The fraction of sp³-hybridized carbons (Fsp3) is 0.600. The average Bonchev–Trinajstić information content (AvgIpc) is 2.46. The van der Waals surface area contributed by atoms with E-state index in [1.54, 1.807) is 0 Å². The number of benzene rings is 1. The molecule has 1 aromatic carbocycles. The highest BCUT2D eigenvalue weighted by Crippen LogP contribution is 2.34. The maximum Gasteiger partial charge on any atom is 0.194 e. The van der Waals surface area contributed by atoms with Crippen molar-refractivity contribution in [3.05, 3.63) is 35.1 Å². The molecule has 0 amide bonds. The van der Waals surface area contributed by atoms with Crippen molar-refractivity contribution >= 4 is 0 Å². The van der Waals surface area contributed by atoms with E-state index in [2.05, 4.69) is 11.8 Å². The molecule has 1 aliphatic heterocycles. The first kappa shape index (κ1) is 15.3. The van der Waals surface area contributed by atoms with Crippen molar-refractivity contribution < 1.29 is 18.3 Å². The molecule has 1 aromatic rings. The minimum atomic E-state index is -1.42. The van der Waals surface area contributed by atoms with Gasteiger partial charge in [-0.2, -0.15) is 0 Å². The van der Waals surface area contributed by atoms with Gasteiger partial charge in [-0.15, -0.1) is 0 Å². The van der Waals surface area contributed by atoms with Crippen molar-refractivity contribution in [2.45, 2.75) is 32.7 Å². The van der Waals surface area contributed by atoms with Crippen LogP contribution < -0.4 is 0 Å². The van der Waals surface area contributed by atoms with Crippen LogP contribution in [0.25, 0.3) is 0 Å². The lowest BCUT2D eigenvalue weighted by Gasteiger charge is -2.40. The van der Waals surface area contributed by atoms with Gasteiger partial charge in [0.1, 0.15) is 0 Å². The van der Waals surface area contributed by atoms with E-state index in [4.69, 9.17) is 0 Å². The minimum absolute atomic E-state index is 0.0181. The molecule has 112 valence electrons. The van der Waals surface area contributed by atoms with Crippen LogP contribution in [0.5, 0.6) is 0 Å². The zero-order valence-corrected chi connectivity index (χ0v) is 11.6. The Kier molecular flexibility index (Phi) is 4.70. The Morgan fingerprint density at radius 1 is 1.15 bits per heavy atom. The second-order valence-corrected chi connectivity index (χ2v) is 5.66. The lowest BCUT2D eigenvalue weighted by molar-refractivity contribution is 0.0382. The summed E-state index contributed by atoms with van der Waals surface area (Å²) in [5, 5.41) is 9.46. The summed E-state index contributed by atoms with van der Waals surface area (Å²) in [6, 6.07) is 2.10. The predicted octanol–water partition coefficient (Wildman–Crippen LogP) is 3.09. The summed E-state index contributed by atoms with van der Waals surface area (Å²) >= 11 is 0. The van der Waals surface area contributed by atoms with Crippen LogP contribution in [0, 0.1) is 22.9 Å². The molecule has 1 aliphatic rings. The molecular formula is C15H20F3NO. The fourth-order valence-corrected chi connectivity index (χ4v) is 2.77. The van der Waals surface area contributed by atoms with Gasteiger partial charge in [-0.05, 0) is 55.5 Å². The second-order valence-electron chi connectivity index (χ2n) is 5.66. The Balaban J connectivity index is 1.99. The molecule has 0 aromatic heterocycles. The smallest absolute Gasteiger partial charge is 0.194 e. The Bertz CT molecular complexity index is 441. The molecule has 1 heterocycles. The molecule has 0 aliphatic carbocycles. The maximum absolute atomic E-state index is 13.2. The Labute approximate surface area is 117 Å². The fourth-order valence-electron chi connectivity index (χ4n) is 2.77. The van der Waals surface area contributed by atoms with Gasteiger partial charge < -0.3 is 5.11 Å². The number of nitrogens with zero attached hydrogens (tertiary/aromatic N) is 1. The normalized spacial score (nSPS) is 19.2. The SMILES string of the molecule is CCC1(CO)CCN(Cc2cc(F)c(F)c(F)c2)CC1. The van der Waals surface area contributed by atoms with Gasteiger partial charge in [0.05, 0.1) is 0 Å². The summed E-state index contributed by atoms with van der Waals surface area (Å²) in [6.45, 7) is 4.19. The monoisotopic (exact) mass is 287 g/mol. The molecule has 2 nitrogen and oxygen atoms in total. The number of piperidine rings is 1. The van der Waals surface area contributed by atoms with Crippen molar-refractivity contribution in [1.82, 2.24) is 4.90 Å². The number of aliphatic hydroxyl groups excluding tert-OH is 1. The molecule has 20 heavy (non-hydrogen) atoms. The zero-order valence-electron chi connectivity index (χ0n) is 11.6. The van der Waals surface area contributed by atoms with Crippen LogP contribution in [0.15, 0.2) is 12.1 Å². The van der Waals surface area contributed by atoms with Gasteiger partial charge in [0.15, 0.2) is 17.5 Å². The summed E-state index contributed by atoms with van der Waals surface area (Å²) in [4.78, 5) is 2.08. The van der Waals surface area contributed by atoms with E-state index in [1.807, 2.05) is 0 Å². The van der Waals surface area contributed by atoms with Gasteiger partial charge in [0.2, 0.25) is 0 Å². The highest BCUT2D eigenvalue weighted by Gasteiger charge is 2.32. The minimum Gasteiger partial charge on any atom is -0.396 e. The summed E-state index contributed by atoms with van der Waals surface area (Å²) in [6.07, 6.45) is 2.66. The molecule has 0 atom stereocenters. The standard InChI is InChI=1S/C15H20F3NO/c1-2-15(10-20)3-5-19(6-4-15)9-11-7-12(16)14(18)13(17)8-11/h7-8,20H,2-6,9-10H2,1H3. The first-order chi connectivity index (χ1) is 9.49. The van der Waals surface area contributed by atoms with E-state index in [-0.39, 0.29) is 12.0 Å². The molecule has 1 saturated heterocycles. The van der Waals surface area contributed by atoms with Crippen LogP contribution in [-0.2, 0) is 6.54 Å². The molecule has 0 saturated carbocycles. The van der Waals surface area contributed by atoms with Crippen LogP contribution >= 0.6 is 0 Å². The zero-order chi connectivity index (χ0) is 14.8. The van der Waals surface area contributed by atoms with Crippen LogP contribution in [0.3, 0.4) is 0 Å². The quantitative estimate of drug-likeness (QED) is 0.860. The Morgan fingerprint density at radius 3 is 2.15 bits per heavy atom. The number of hydrogen-bond acceptors (Lipinski definition) is 2. The molecule has 2 rings (SSSR count). The Hall–Kier alpha value is -1.07. The third-order valence-electron chi connectivity index (χ3n) is 4.45. The molecular weight excluding hydrogens is 267 g/mol. The van der Waals surface area contributed by atoms with Crippen molar-refractivity contribution in [3.63, 3.8) is 0 Å².